The van der Waals surface area contributed by atoms with E-state index >= 15 is 0 Å². The minimum atomic E-state index is -0.600. The van der Waals surface area contributed by atoms with E-state index in [2.05, 4.69) is 20.8 Å². The largest absolute Gasteiger partial charge is 0.392 e. The second-order valence-electron chi connectivity index (χ2n) is 8.00. The quantitative estimate of drug-likeness (QED) is 0.418. The number of hydrogen-bond donors (Lipinski definition) is 3. The molecule has 1 aliphatic heterocycles. The van der Waals surface area contributed by atoms with Crippen LogP contribution in [0.15, 0.2) is 60.0 Å². The summed E-state index contributed by atoms with van der Waals surface area (Å²) in [4.78, 5) is 11.9. The first kappa shape index (κ1) is 24.2. The summed E-state index contributed by atoms with van der Waals surface area (Å²) in [7, 11) is 1.91. The number of ether oxygens (including phenoxy) is 2. The van der Waals surface area contributed by atoms with E-state index in [0.29, 0.717) is 24.4 Å². The first-order valence-electron chi connectivity index (χ1n) is 11.2. The van der Waals surface area contributed by atoms with E-state index in [1.165, 1.54) is 0 Å². The summed E-state index contributed by atoms with van der Waals surface area (Å²) in [6.45, 7) is 2.41. The number of nitrogens with one attached hydrogen (secondary N) is 2. The fourth-order valence-corrected chi connectivity index (χ4v) is 4.60. The molecule has 1 aliphatic rings. The van der Waals surface area contributed by atoms with Gasteiger partial charge in [-0.25, -0.2) is 4.79 Å². The predicted molar refractivity (Wildman–Crippen MR) is 129 cm³/mol. The lowest BCUT2D eigenvalue weighted by molar-refractivity contribution is -0.245. The molecule has 0 radical (unpaired) electrons. The van der Waals surface area contributed by atoms with Crippen LogP contribution in [0.3, 0.4) is 0 Å². The van der Waals surface area contributed by atoms with Crippen LogP contribution >= 0.6 is 11.8 Å². The molecule has 4 rings (SSSR count). The highest BCUT2D eigenvalue weighted by Gasteiger charge is 2.32. The highest BCUT2D eigenvalue weighted by Crippen LogP contribution is 2.39. The molecule has 0 bridgehead atoms. The van der Waals surface area contributed by atoms with Gasteiger partial charge in [-0.1, -0.05) is 48.2 Å². The van der Waals surface area contributed by atoms with Gasteiger partial charge < -0.3 is 29.8 Å². The lowest BCUT2D eigenvalue weighted by Crippen LogP contribution is -2.31. The minimum absolute atomic E-state index is 0.0000932. The number of rotatable bonds is 8. The molecule has 34 heavy (non-hydrogen) atoms. The van der Waals surface area contributed by atoms with Crippen molar-refractivity contribution in [2.75, 3.05) is 17.6 Å². The Kier molecular flexibility index (Phi) is 8.17. The van der Waals surface area contributed by atoms with Gasteiger partial charge >= 0.3 is 6.03 Å². The van der Waals surface area contributed by atoms with E-state index in [1.54, 1.807) is 18.1 Å². The number of carbonyl (C=O) groups is 1. The third-order valence-electron chi connectivity index (χ3n) is 5.44. The molecule has 2 amide bonds. The summed E-state index contributed by atoms with van der Waals surface area (Å²) < 4.78 is 14.6. The van der Waals surface area contributed by atoms with Crippen LogP contribution in [0, 0.1) is 0 Å². The van der Waals surface area contributed by atoms with Crippen molar-refractivity contribution in [1.29, 1.82) is 0 Å². The molecule has 10 heteroatoms. The molecule has 3 aromatic rings. The minimum Gasteiger partial charge on any atom is -0.392 e. The number of aliphatic hydroxyl groups is 1. The molecule has 3 atom stereocenters. The van der Waals surface area contributed by atoms with Crippen molar-refractivity contribution in [3.05, 3.63) is 71.5 Å². The molecular formula is C24H29N5O4S. The van der Waals surface area contributed by atoms with Gasteiger partial charge in [0.15, 0.2) is 11.4 Å². The Hall–Kier alpha value is -2.92. The topological polar surface area (TPSA) is 111 Å². The smallest absolute Gasteiger partial charge is 0.319 e. The SMILES string of the molecule is CCNC(=O)Nc1cccc([C@@H]2O[C@H](CSc3nncn3C)C[C@H](c3ccc(CO)cc3)O2)c1. The van der Waals surface area contributed by atoms with Crippen molar-refractivity contribution in [3.63, 3.8) is 0 Å². The van der Waals surface area contributed by atoms with Crippen LogP contribution in [0.25, 0.3) is 0 Å². The number of aliphatic hydroxyl groups excluding tert-OH is 1. The average Bonchev–Trinajstić information content (AvgIpc) is 3.27. The lowest BCUT2D eigenvalue weighted by Gasteiger charge is -2.36. The molecule has 0 unspecified atom stereocenters. The zero-order chi connectivity index (χ0) is 23.9. The molecule has 3 N–H and O–H groups in total. The zero-order valence-electron chi connectivity index (χ0n) is 19.2. The van der Waals surface area contributed by atoms with Gasteiger partial charge in [-0.15, -0.1) is 10.2 Å². The highest BCUT2D eigenvalue weighted by atomic mass is 32.2. The molecule has 2 aromatic carbocycles. The number of carbonyl (C=O) groups excluding carboxylic acids is 1. The van der Waals surface area contributed by atoms with Crippen LogP contribution in [0.1, 0.15) is 42.4 Å². The van der Waals surface area contributed by atoms with E-state index < -0.39 is 6.29 Å². The molecular weight excluding hydrogens is 454 g/mol. The maximum atomic E-state index is 11.9. The summed E-state index contributed by atoms with van der Waals surface area (Å²) in [6, 6.07) is 15.0. The van der Waals surface area contributed by atoms with E-state index in [-0.39, 0.29) is 24.8 Å². The maximum Gasteiger partial charge on any atom is 0.319 e. The summed E-state index contributed by atoms with van der Waals surface area (Å²) in [5.41, 5.74) is 3.36. The summed E-state index contributed by atoms with van der Waals surface area (Å²) in [5, 5.41) is 23.8. The van der Waals surface area contributed by atoms with Gasteiger partial charge in [-0.3, -0.25) is 0 Å². The van der Waals surface area contributed by atoms with Crippen molar-refractivity contribution in [2.24, 2.45) is 7.05 Å². The van der Waals surface area contributed by atoms with E-state index in [1.807, 2.05) is 67.1 Å². The number of nitrogens with zero attached hydrogens (tertiary/aromatic N) is 3. The van der Waals surface area contributed by atoms with Crippen molar-refractivity contribution in [2.45, 2.75) is 43.6 Å². The summed E-state index contributed by atoms with van der Waals surface area (Å²) in [6.07, 6.45) is 1.47. The fourth-order valence-electron chi connectivity index (χ4n) is 3.69. The second-order valence-corrected chi connectivity index (χ2v) is 8.98. The predicted octanol–water partition coefficient (Wildman–Crippen LogP) is 3.79. The first-order chi connectivity index (χ1) is 16.6. The van der Waals surface area contributed by atoms with E-state index in [0.717, 1.165) is 21.8 Å². The van der Waals surface area contributed by atoms with Gasteiger partial charge in [0.2, 0.25) is 0 Å². The number of aromatic nitrogens is 3. The Balaban J connectivity index is 1.53. The zero-order valence-corrected chi connectivity index (χ0v) is 20.0. The standard InChI is InChI=1S/C24H29N5O4S/c1-3-25-23(31)27-19-6-4-5-18(11-19)22-32-20(14-34-24-28-26-15-29(24)2)12-21(33-22)17-9-7-16(13-30)8-10-17/h4-11,15,20-22,30H,3,12-14H2,1-2H3,(H2,25,27,31)/t20-,21+,22+/m0/s1. The molecule has 1 fully saturated rings. The highest BCUT2D eigenvalue weighted by molar-refractivity contribution is 7.99. The number of thioether (sulfide) groups is 1. The Labute approximate surface area is 202 Å². The van der Waals surface area contributed by atoms with Gasteiger partial charge in [0.1, 0.15) is 6.33 Å². The summed E-state index contributed by atoms with van der Waals surface area (Å²) in [5.74, 6) is 0.689. The summed E-state index contributed by atoms with van der Waals surface area (Å²) >= 11 is 1.59. The number of anilines is 1. The van der Waals surface area contributed by atoms with Crippen LogP contribution in [-0.4, -0.2) is 44.3 Å². The molecule has 180 valence electrons. The van der Waals surface area contributed by atoms with Crippen molar-refractivity contribution in [1.82, 2.24) is 20.1 Å². The molecule has 0 saturated carbocycles. The maximum absolute atomic E-state index is 11.9. The van der Waals surface area contributed by atoms with Crippen LogP contribution in [0.4, 0.5) is 10.5 Å². The fraction of sp³-hybridized carbons (Fsp3) is 0.375. The Morgan fingerprint density at radius 3 is 2.74 bits per heavy atom. The van der Waals surface area contributed by atoms with Crippen molar-refractivity contribution < 1.29 is 19.4 Å². The normalized spacial score (nSPS) is 20.1. The second kappa shape index (κ2) is 11.5. The van der Waals surface area contributed by atoms with E-state index in [4.69, 9.17) is 9.47 Å². The van der Waals surface area contributed by atoms with Gasteiger partial charge in [-0.05, 0) is 30.2 Å². The average molecular weight is 484 g/mol. The number of urea groups is 1. The molecule has 0 aliphatic carbocycles. The molecule has 1 aromatic heterocycles. The van der Waals surface area contributed by atoms with Crippen LogP contribution in [-0.2, 0) is 23.1 Å². The third-order valence-corrected chi connectivity index (χ3v) is 6.60. The number of hydrogen-bond acceptors (Lipinski definition) is 7. The van der Waals surface area contributed by atoms with Crippen molar-refractivity contribution in [3.8, 4) is 0 Å². The van der Waals surface area contributed by atoms with Gasteiger partial charge in [0, 0.05) is 37.0 Å². The Morgan fingerprint density at radius 1 is 1.21 bits per heavy atom. The van der Waals surface area contributed by atoms with Crippen LogP contribution in [0.2, 0.25) is 0 Å². The van der Waals surface area contributed by atoms with Crippen LogP contribution in [0.5, 0.6) is 0 Å². The number of benzene rings is 2. The van der Waals surface area contributed by atoms with Gasteiger partial charge in [-0.2, -0.15) is 0 Å². The van der Waals surface area contributed by atoms with Crippen molar-refractivity contribution >= 4 is 23.5 Å². The first-order valence-corrected chi connectivity index (χ1v) is 12.2. The molecule has 2 heterocycles. The Morgan fingerprint density at radius 2 is 2.03 bits per heavy atom. The van der Waals surface area contributed by atoms with Gasteiger partial charge in [0.05, 0.1) is 18.8 Å². The number of aryl methyl sites for hydroxylation is 1. The van der Waals surface area contributed by atoms with E-state index in [9.17, 15) is 9.90 Å². The molecule has 9 nitrogen and oxygen atoms in total. The Bertz CT molecular complexity index is 1090. The molecule has 1 saturated heterocycles. The molecule has 0 spiro atoms. The third kappa shape index (κ3) is 6.15. The number of amides is 2. The lowest BCUT2D eigenvalue weighted by atomic mass is 10.0. The van der Waals surface area contributed by atoms with Gasteiger partial charge in [0.25, 0.3) is 0 Å². The monoisotopic (exact) mass is 483 g/mol. The van der Waals surface area contributed by atoms with Crippen LogP contribution < -0.4 is 10.6 Å².